The quantitative estimate of drug-likeness (QED) is 0.224. The van der Waals surface area contributed by atoms with Gasteiger partial charge in [-0.25, -0.2) is 0 Å². The van der Waals surface area contributed by atoms with Gasteiger partial charge in [0.1, 0.15) is 6.04 Å². The number of hydrogen-bond donors (Lipinski definition) is 5. The molecule has 7 nitrogen and oxygen atoms in total. The number of hydrogen-bond acceptors (Lipinski definition) is 4. The molecular formula is C11H22NO6P. The van der Waals surface area contributed by atoms with Crippen molar-refractivity contribution in [2.75, 3.05) is 12.8 Å². The predicted molar refractivity (Wildman–Crippen MR) is 70.8 cm³/mol. The molecule has 0 rings (SSSR count). The van der Waals surface area contributed by atoms with Crippen molar-refractivity contribution in [3.63, 3.8) is 0 Å². The maximum atomic E-state index is 11.0. The van der Waals surface area contributed by atoms with Crippen LogP contribution in [0.15, 0.2) is 11.6 Å². The van der Waals surface area contributed by atoms with E-state index in [0.29, 0.717) is 24.8 Å². The van der Waals surface area contributed by atoms with Crippen LogP contribution in [0.5, 0.6) is 0 Å². The highest BCUT2D eigenvalue weighted by molar-refractivity contribution is 7.52. The van der Waals surface area contributed by atoms with Gasteiger partial charge >= 0.3 is 13.6 Å². The van der Waals surface area contributed by atoms with Crippen LogP contribution in [0.3, 0.4) is 0 Å². The minimum atomic E-state index is -4.23. The fourth-order valence-electron chi connectivity index (χ4n) is 1.62. The Morgan fingerprint density at radius 2 is 1.79 bits per heavy atom. The summed E-state index contributed by atoms with van der Waals surface area (Å²) in [4.78, 5) is 28.5. The zero-order valence-corrected chi connectivity index (χ0v) is 11.6. The van der Waals surface area contributed by atoms with E-state index in [-0.39, 0.29) is 6.61 Å². The molecule has 0 aliphatic rings. The van der Waals surface area contributed by atoms with Crippen molar-refractivity contribution in [3.8, 4) is 0 Å². The van der Waals surface area contributed by atoms with Crippen LogP contribution in [-0.4, -0.2) is 44.8 Å². The van der Waals surface area contributed by atoms with E-state index in [2.05, 4.69) is 0 Å². The van der Waals surface area contributed by atoms with Crippen LogP contribution < -0.4 is 5.73 Å². The number of allylic oxidation sites excluding steroid dienone is 1. The third-order valence-electron chi connectivity index (χ3n) is 2.52. The van der Waals surface area contributed by atoms with Crippen molar-refractivity contribution in [3.05, 3.63) is 11.6 Å². The van der Waals surface area contributed by atoms with Gasteiger partial charge in [0, 0.05) is 6.61 Å². The van der Waals surface area contributed by atoms with Gasteiger partial charge in [0.15, 0.2) is 0 Å². The van der Waals surface area contributed by atoms with Crippen LogP contribution in [0.4, 0.5) is 0 Å². The van der Waals surface area contributed by atoms with Crippen molar-refractivity contribution in [1.29, 1.82) is 0 Å². The number of nitrogens with two attached hydrogens (primary N) is 1. The number of carboxylic acids is 1. The van der Waals surface area contributed by atoms with Crippen LogP contribution >= 0.6 is 7.60 Å². The van der Waals surface area contributed by atoms with E-state index in [9.17, 15) is 9.36 Å². The van der Waals surface area contributed by atoms with Crippen molar-refractivity contribution in [1.82, 2.24) is 0 Å². The molecule has 0 fully saturated rings. The molecule has 0 aliphatic heterocycles. The lowest BCUT2D eigenvalue weighted by Crippen LogP contribution is -2.28. The Balaban J connectivity index is 4.43. The van der Waals surface area contributed by atoms with Gasteiger partial charge in [-0.15, -0.1) is 0 Å². The minimum absolute atomic E-state index is 0.120. The number of unbranched alkanes of at least 4 members (excludes halogenated alkanes) is 3. The summed E-state index contributed by atoms with van der Waals surface area (Å²) in [5, 5.41) is 17.3. The first-order valence-corrected chi connectivity index (χ1v) is 7.89. The molecule has 0 amide bonds. The molecule has 0 aromatic heterocycles. The molecule has 0 aliphatic carbocycles. The molecule has 0 radical (unpaired) electrons. The fourth-order valence-corrected chi connectivity index (χ4v) is 2.41. The summed E-state index contributed by atoms with van der Waals surface area (Å²) in [6.45, 7) is 0.120. The van der Waals surface area contributed by atoms with E-state index in [1.54, 1.807) is 0 Å². The first kappa shape index (κ1) is 18.3. The maximum Gasteiger partial charge on any atom is 0.329 e. The number of carbonyl (C=O) groups is 1. The Kier molecular flexibility index (Phi) is 8.88. The second-order valence-electron chi connectivity index (χ2n) is 4.40. The highest BCUT2D eigenvalue weighted by atomic mass is 31.2. The molecule has 0 aromatic carbocycles. The van der Waals surface area contributed by atoms with Crippen LogP contribution in [0, 0.1) is 0 Å². The lowest BCUT2D eigenvalue weighted by atomic mass is 10.1. The first-order chi connectivity index (χ1) is 8.76. The third kappa shape index (κ3) is 10.9. The van der Waals surface area contributed by atoms with Crippen molar-refractivity contribution < 1.29 is 29.4 Å². The molecule has 0 saturated heterocycles. The zero-order chi connectivity index (χ0) is 14.9. The Hall–Kier alpha value is -0.720. The summed E-state index contributed by atoms with van der Waals surface area (Å²) in [5.74, 6) is -1.23. The molecule has 1 unspecified atom stereocenters. The first-order valence-electron chi connectivity index (χ1n) is 6.09. The number of carboxylic acid groups (broad SMARTS) is 1. The van der Waals surface area contributed by atoms with Crippen molar-refractivity contribution in [2.24, 2.45) is 5.73 Å². The maximum absolute atomic E-state index is 11.0. The average Bonchev–Trinajstić information content (AvgIpc) is 2.26. The highest BCUT2D eigenvalue weighted by Crippen LogP contribution is 2.38. The van der Waals surface area contributed by atoms with E-state index in [4.69, 9.17) is 25.7 Å². The monoisotopic (exact) mass is 295 g/mol. The largest absolute Gasteiger partial charge is 0.480 e. The molecule has 19 heavy (non-hydrogen) atoms. The third-order valence-corrected chi connectivity index (χ3v) is 3.33. The standard InChI is InChI=1S/C11H22NO6P/c12-10(11(14)15)7-9(8-19(16,17)18)5-3-1-2-4-6-13/h7,10,13H,1-6,8,12H2,(H,14,15)(H2,16,17,18)/b9-7-. The topological polar surface area (TPSA) is 141 Å². The Morgan fingerprint density at radius 1 is 1.21 bits per heavy atom. The number of aliphatic hydroxyl groups is 1. The lowest BCUT2D eigenvalue weighted by Gasteiger charge is -2.11. The van der Waals surface area contributed by atoms with Crippen LogP contribution in [-0.2, 0) is 9.36 Å². The van der Waals surface area contributed by atoms with E-state index in [1.165, 1.54) is 6.08 Å². The molecule has 112 valence electrons. The van der Waals surface area contributed by atoms with Crippen LogP contribution in [0.1, 0.15) is 32.1 Å². The Morgan fingerprint density at radius 3 is 2.26 bits per heavy atom. The number of aliphatic hydroxyl groups excluding tert-OH is 1. The highest BCUT2D eigenvalue weighted by Gasteiger charge is 2.18. The summed E-state index contributed by atoms with van der Waals surface area (Å²) in [6, 6.07) is -1.25. The predicted octanol–water partition coefficient (Wildman–Crippen LogP) is 0.445. The SMILES string of the molecule is NC(/C=C(/CCCCCCO)CP(=O)(O)O)C(=O)O. The van der Waals surface area contributed by atoms with E-state index >= 15 is 0 Å². The van der Waals surface area contributed by atoms with E-state index in [1.807, 2.05) is 0 Å². The lowest BCUT2D eigenvalue weighted by molar-refractivity contribution is -0.137. The molecule has 1 atom stereocenters. The molecule has 6 N–H and O–H groups in total. The average molecular weight is 295 g/mol. The van der Waals surface area contributed by atoms with Crippen molar-refractivity contribution in [2.45, 2.75) is 38.1 Å². The zero-order valence-electron chi connectivity index (χ0n) is 10.7. The minimum Gasteiger partial charge on any atom is -0.480 e. The molecular weight excluding hydrogens is 273 g/mol. The smallest absolute Gasteiger partial charge is 0.329 e. The second kappa shape index (κ2) is 9.23. The van der Waals surface area contributed by atoms with E-state index < -0.39 is 25.8 Å². The van der Waals surface area contributed by atoms with Gasteiger partial charge in [-0.1, -0.05) is 24.5 Å². The second-order valence-corrected chi connectivity index (χ2v) is 6.05. The Bertz CT molecular complexity index is 351. The van der Waals surface area contributed by atoms with Gasteiger partial charge in [0.2, 0.25) is 0 Å². The summed E-state index contributed by atoms with van der Waals surface area (Å²) >= 11 is 0. The Labute approximate surface area is 112 Å². The molecule has 0 bridgehead atoms. The van der Waals surface area contributed by atoms with E-state index in [0.717, 1.165) is 12.8 Å². The van der Waals surface area contributed by atoms with Gasteiger partial charge in [-0.05, 0) is 19.3 Å². The van der Waals surface area contributed by atoms with Gasteiger partial charge < -0.3 is 25.7 Å². The number of aliphatic carboxylic acids is 1. The van der Waals surface area contributed by atoms with Crippen LogP contribution in [0.25, 0.3) is 0 Å². The molecule has 0 aromatic rings. The van der Waals surface area contributed by atoms with Gasteiger partial charge in [-0.2, -0.15) is 0 Å². The number of rotatable bonds is 10. The summed E-state index contributed by atoms with van der Waals surface area (Å²) in [5.41, 5.74) is 5.69. The summed E-state index contributed by atoms with van der Waals surface area (Å²) in [6.07, 6.45) is 4.13. The van der Waals surface area contributed by atoms with Gasteiger partial charge in [0.25, 0.3) is 0 Å². The molecule has 0 heterocycles. The van der Waals surface area contributed by atoms with Crippen molar-refractivity contribution >= 4 is 13.6 Å². The summed E-state index contributed by atoms with van der Waals surface area (Å²) < 4.78 is 11.0. The normalized spacial score (nSPS) is 14.4. The van der Waals surface area contributed by atoms with Gasteiger partial charge in [-0.3, -0.25) is 9.36 Å². The molecule has 0 saturated carbocycles. The fraction of sp³-hybridized carbons (Fsp3) is 0.727. The van der Waals surface area contributed by atoms with Gasteiger partial charge in [0.05, 0.1) is 6.16 Å². The van der Waals surface area contributed by atoms with Crippen LogP contribution in [0.2, 0.25) is 0 Å². The summed E-state index contributed by atoms with van der Waals surface area (Å²) in [7, 11) is -4.23. The molecule has 0 spiro atoms. The molecule has 8 heteroatoms.